The first-order valence-electron chi connectivity index (χ1n) is 5.25. The molecule has 0 aromatic carbocycles. The van der Waals surface area contributed by atoms with Crippen molar-refractivity contribution < 1.29 is 4.74 Å². The van der Waals surface area contributed by atoms with Crippen molar-refractivity contribution in [1.82, 2.24) is 9.97 Å². The lowest BCUT2D eigenvalue weighted by atomic mass is 10.1. The van der Waals surface area contributed by atoms with Crippen LogP contribution < -0.4 is 16.4 Å². The number of nitrogens with zero attached hydrogens (tertiary/aromatic N) is 3. The van der Waals surface area contributed by atoms with E-state index >= 15 is 0 Å². The number of aromatic nitrogens is 2. The number of ether oxygens (including phenoxy) is 1. The van der Waals surface area contributed by atoms with Crippen LogP contribution in [-0.4, -0.2) is 35.3 Å². The molecule has 0 spiro atoms. The summed E-state index contributed by atoms with van der Waals surface area (Å²) >= 11 is 0. The molecule has 6 heteroatoms. The fourth-order valence-electron chi connectivity index (χ4n) is 1.85. The Hall–Kier alpha value is -1.56. The summed E-state index contributed by atoms with van der Waals surface area (Å²) in [4.78, 5) is 10.1. The second kappa shape index (κ2) is 3.79. The van der Waals surface area contributed by atoms with E-state index in [1.807, 2.05) is 13.8 Å². The van der Waals surface area contributed by atoms with Crippen LogP contribution in [0.4, 0.5) is 17.6 Å². The van der Waals surface area contributed by atoms with Crippen molar-refractivity contribution in [2.45, 2.75) is 19.4 Å². The van der Waals surface area contributed by atoms with Crippen LogP contribution in [-0.2, 0) is 4.74 Å². The minimum absolute atomic E-state index is 0.174. The lowest BCUT2D eigenvalue weighted by Gasteiger charge is -2.38. The molecule has 0 saturated carbocycles. The van der Waals surface area contributed by atoms with Gasteiger partial charge in [0.25, 0.3) is 0 Å². The van der Waals surface area contributed by atoms with Gasteiger partial charge in [0.1, 0.15) is 11.6 Å². The van der Waals surface area contributed by atoms with Gasteiger partial charge >= 0.3 is 0 Å². The van der Waals surface area contributed by atoms with Crippen molar-refractivity contribution >= 4 is 17.6 Å². The van der Waals surface area contributed by atoms with Gasteiger partial charge in [0.2, 0.25) is 5.95 Å². The van der Waals surface area contributed by atoms with E-state index in [-0.39, 0.29) is 11.5 Å². The third-order valence-corrected chi connectivity index (χ3v) is 2.50. The molecule has 1 aromatic heterocycles. The molecular formula is C10H17N5O. The van der Waals surface area contributed by atoms with Crippen molar-refractivity contribution in [3.8, 4) is 0 Å². The molecule has 1 saturated heterocycles. The van der Waals surface area contributed by atoms with Gasteiger partial charge in [-0.3, -0.25) is 0 Å². The molecule has 0 bridgehead atoms. The quantitative estimate of drug-likeness (QED) is 0.709. The van der Waals surface area contributed by atoms with Crippen LogP contribution in [0.2, 0.25) is 0 Å². The monoisotopic (exact) mass is 223 g/mol. The summed E-state index contributed by atoms with van der Waals surface area (Å²) in [6.07, 6.45) is 0. The molecule has 1 fully saturated rings. The Balaban J connectivity index is 2.23. The highest BCUT2D eigenvalue weighted by Gasteiger charge is 2.28. The van der Waals surface area contributed by atoms with Crippen LogP contribution in [0, 0.1) is 0 Å². The first-order valence-corrected chi connectivity index (χ1v) is 5.25. The molecule has 1 aromatic rings. The number of rotatable bonds is 1. The smallest absolute Gasteiger partial charge is 0.223 e. The van der Waals surface area contributed by atoms with Gasteiger partial charge < -0.3 is 21.1 Å². The highest BCUT2D eigenvalue weighted by molar-refractivity contribution is 5.50. The molecule has 88 valence electrons. The van der Waals surface area contributed by atoms with Crippen molar-refractivity contribution in [2.24, 2.45) is 0 Å². The third-order valence-electron chi connectivity index (χ3n) is 2.50. The summed E-state index contributed by atoms with van der Waals surface area (Å²) in [5, 5.41) is 0. The van der Waals surface area contributed by atoms with Gasteiger partial charge in [0.05, 0.1) is 12.2 Å². The van der Waals surface area contributed by atoms with Gasteiger partial charge in [-0.05, 0) is 13.8 Å². The van der Waals surface area contributed by atoms with Gasteiger partial charge in [-0.1, -0.05) is 0 Å². The van der Waals surface area contributed by atoms with E-state index in [0.717, 1.165) is 18.9 Å². The van der Waals surface area contributed by atoms with Crippen molar-refractivity contribution in [3.05, 3.63) is 6.07 Å². The number of anilines is 3. The van der Waals surface area contributed by atoms with Crippen molar-refractivity contribution in [3.63, 3.8) is 0 Å². The Morgan fingerprint density at radius 3 is 2.75 bits per heavy atom. The molecule has 16 heavy (non-hydrogen) atoms. The van der Waals surface area contributed by atoms with Gasteiger partial charge in [0.15, 0.2) is 0 Å². The number of hydrogen-bond donors (Lipinski definition) is 2. The molecular weight excluding hydrogens is 206 g/mol. The maximum Gasteiger partial charge on any atom is 0.223 e. The summed E-state index contributed by atoms with van der Waals surface area (Å²) in [7, 11) is 0. The number of hydrogen-bond acceptors (Lipinski definition) is 6. The van der Waals surface area contributed by atoms with E-state index in [2.05, 4.69) is 14.9 Å². The lowest BCUT2D eigenvalue weighted by Crippen LogP contribution is -2.48. The first-order chi connectivity index (χ1) is 7.46. The molecule has 2 rings (SSSR count). The Morgan fingerprint density at radius 1 is 1.38 bits per heavy atom. The van der Waals surface area contributed by atoms with Crippen molar-refractivity contribution in [2.75, 3.05) is 36.1 Å². The molecule has 0 amide bonds. The maximum absolute atomic E-state index is 5.64. The molecule has 1 aliphatic heterocycles. The topological polar surface area (TPSA) is 90.3 Å². The molecule has 1 aliphatic rings. The predicted molar refractivity (Wildman–Crippen MR) is 63.1 cm³/mol. The fraction of sp³-hybridized carbons (Fsp3) is 0.600. The van der Waals surface area contributed by atoms with E-state index in [4.69, 9.17) is 16.2 Å². The first kappa shape index (κ1) is 10.9. The highest BCUT2D eigenvalue weighted by Crippen LogP contribution is 2.22. The zero-order valence-corrected chi connectivity index (χ0v) is 9.60. The Morgan fingerprint density at radius 2 is 2.12 bits per heavy atom. The normalized spacial score (nSPS) is 19.8. The van der Waals surface area contributed by atoms with Crippen LogP contribution in [0.15, 0.2) is 6.07 Å². The second-order valence-corrected chi connectivity index (χ2v) is 4.54. The number of morpholine rings is 1. The lowest BCUT2D eigenvalue weighted by molar-refractivity contribution is -0.0279. The van der Waals surface area contributed by atoms with E-state index < -0.39 is 0 Å². The molecule has 4 N–H and O–H groups in total. The Bertz CT molecular complexity index is 373. The minimum atomic E-state index is -0.174. The van der Waals surface area contributed by atoms with E-state index in [0.29, 0.717) is 12.4 Å². The molecule has 0 aliphatic carbocycles. The van der Waals surface area contributed by atoms with Crippen LogP contribution in [0.5, 0.6) is 0 Å². The highest BCUT2D eigenvalue weighted by atomic mass is 16.5. The number of nitrogens with two attached hydrogens (primary N) is 2. The average Bonchev–Trinajstić information content (AvgIpc) is 2.14. The van der Waals surface area contributed by atoms with E-state index in [9.17, 15) is 0 Å². The molecule has 2 heterocycles. The zero-order valence-electron chi connectivity index (χ0n) is 9.60. The SMILES string of the molecule is CC1(C)CN(c2cc(N)nc(N)n2)CCO1. The summed E-state index contributed by atoms with van der Waals surface area (Å²) in [6.45, 7) is 6.33. The van der Waals surface area contributed by atoms with Crippen LogP contribution in [0.1, 0.15) is 13.8 Å². The molecule has 0 unspecified atom stereocenters. The predicted octanol–water partition coefficient (Wildman–Crippen LogP) is 0.256. The average molecular weight is 223 g/mol. The maximum atomic E-state index is 5.64. The summed E-state index contributed by atoms with van der Waals surface area (Å²) in [6, 6.07) is 1.73. The van der Waals surface area contributed by atoms with Crippen LogP contribution in [0.25, 0.3) is 0 Å². The van der Waals surface area contributed by atoms with E-state index in [1.165, 1.54) is 0 Å². The van der Waals surface area contributed by atoms with Gasteiger partial charge in [-0.15, -0.1) is 0 Å². The van der Waals surface area contributed by atoms with Gasteiger partial charge in [0, 0.05) is 19.2 Å². The standard InChI is InChI=1S/C10H17N5O/c1-10(2)6-15(3-4-16-10)8-5-7(11)13-9(12)14-8/h5H,3-4,6H2,1-2H3,(H4,11,12,13,14). The zero-order chi connectivity index (χ0) is 11.8. The largest absolute Gasteiger partial charge is 0.383 e. The van der Waals surface area contributed by atoms with Gasteiger partial charge in [-0.2, -0.15) is 9.97 Å². The second-order valence-electron chi connectivity index (χ2n) is 4.54. The van der Waals surface area contributed by atoms with Crippen LogP contribution >= 0.6 is 0 Å². The molecule has 0 atom stereocenters. The van der Waals surface area contributed by atoms with E-state index in [1.54, 1.807) is 6.07 Å². The molecule has 6 nitrogen and oxygen atoms in total. The minimum Gasteiger partial charge on any atom is -0.383 e. The van der Waals surface area contributed by atoms with Crippen molar-refractivity contribution in [1.29, 1.82) is 0 Å². The Kier molecular flexibility index (Phi) is 2.59. The van der Waals surface area contributed by atoms with Crippen LogP contribution in [0.3, 0.4) is 0 Å². The summed E-state index contributed by atoms with van der Waals surface area (Å²) < 4.78 is 5.63. The summed E-state index contributed by atoms with van der Waals surface area (Å²) in [5.41, 5.74) is 11.0. The molecule has 0 radical (unpaired) electrons. The third kappa shape index (κ3) is 2.33. The van der Waals surface area contributed by atoms with Gasteiger partial charge in [-0.25, -0.2) is 0 Å². The Labute approximate surface area is 94.6 Å². The number of nitrogen functional groups attached to an aromatic ring is 2. The fourth-order valence-corrected chi connectivity index (χ4v) is 1.85. The summed E-state index contributed by atoms with van der Waals surface area (Å²) in [5.74, 6) is 1.37.